The maximum absolute atomic E-state index is 14.2. The number of carbonyl (C=O) groups is 6. The first-order valence-electron chi connectivity index (χ1n) is 18.3. The highest BCUT2D eigenvalue weighted by Gasteiger charge is 2.40. The average Bonchev–Trinajstić information content (AvgIpc) is 3.54. The Morgan fingerprint density at radius 2 is 1.41 bits per heavy atom. The van der Waals surface area contributed by atoms with E-state index in [1.165, 1.54) is 23.3 Å². The summed E-state index contributed by atoms with van der Waals surface area (Å²) < 4.78 is 18.2. The SMILES string of the molecule is CC(C)(C)OC(=O)N(Cc1c(Cl)cccc1Cl)c1nc(-c2cnn(CC(=O)NC3CCN(C(=O)O)[C@@H](C(=O)O)C3)c2)cnc1N(C(=O)OC(C)(C)C)C(=O)OC(C)(C)C. The normalized spacial score (nSPS) is 15.8. The lowest BCUT2D eigenvalue weighted by Gasteiger charge is -2.35. The van der Waals surface area contributed by atoms with E-state index in [1.54, 1.807) is 80.5 Å². The van der Waals surface area contributed by atoms with Gasteiger partial charge in [-0.25, -0.2) is 33.9 Å². The van der Waals surface area contributed by atoms with Crippen LogP contribution in [0, 0.1) is 0 Å². The summed E-state index contributed by atoms with van der Waals surface area (Å²) in [5.74, 6) is -2.71. The van der Waals surface area contributed by atoms with Crippen LogP contribution < -0.4 is 15.1 Å². The van der Waals surface area contributed by atoms with Gasteiger partial charge in [-0.1, -0.05) is 29.3 Å². The molecule has 3 aromatic rings. The number of hydrogen-bond donors (Lipinski definition) is 3. The number of aromatic nitrogens is 4. The number of nitrogens with zero attached hydrogens (tertiary/aromatic N) is 7. The number of anilines is 2. The Morgan fingerprint density at radius 3 is 1.93 bits per heavy atom. The molecule has 1 saturated heterocycles. The van der Waals surface area contributed by atoms with Gasteiger partial charge in [-0.05, 0) is 87.3 Å². The Kier molecular flexibility index (Phi) is 14.1. The van der Waals surface area contributed by atoms with Crippen molar-refractivity contribution < 1.29 is 53.2 Å². The molecule has 4 rings (SSSR count). The summed E-state index contributed by atoms with van der Waals surface area (Å²) in [6.45, 7) is 13.7. The van der Waals surface area contributed by atoms with E-state index in [4.69, 9.17) is 42.4 Å². The molecule has 320 valence electrons. The van der Waals surface area contributed by atoms with Crippen molar-refractivity contribution in [3.05, 3.63) is 52.4 Å². The Morgan fingerprint density at radius 1 is 0.847 bits per heavy atom. The van der Waals surface area contributed by atoms with Gasteiger partial charge in [0.05, 0.1) is 24.6 Å². The summed E-state index contributed by atoms with van der Waals surface area (Å²) in [4.78, 5) is 89.7. The molecular weight excluding hydrogens is 815 g/mol. The number of carboxylic acids is 1. The van der Waals surface area contributed by atoms with Gasteiger partial charge in [0.15, 0.2) is 11.6 Å². The first-order chi connectivity index (χ1) is 27.2. The lowest BCUT2D eigenvalue weighted by Crippen LogP contribution is -2.54. The van der Waals surface area contributed by atoms with Crippen LogP contribution in [0.3, 0.4) is 0 Å². The van der Waals surface area contributed by atoms with Crippen molar-refractivity contribution in [1.29, 1.82) is 0 Å². The van der Waals surface area contributed by atoms with Gasteiger partial charge in [0.1, 0.15) is 29.4 Å². The molecule has 0 bridgehead atoms. The number of benzene rings is 1. The van der Waals surface area contributed by atoms with E-state index in [2.05, 4.69) is 15.4 Å². The Hall–Kier alpha value is -5.69. The number of carbonyl (C=O) groups excluding carboxylic acids is 4. The molecular formula is C38H48Cl2N8O11. The van der Waals surface area contributed by atoms with Crippen LogP contribution in [0.2, 0.25) is 10.0 Å². The van der Waals surface area contributed by atoms with Crippen LogP contribution in [0.25, 0.3) is 11.3 Å². The highest BCUT2D eigenvalue weighted by molar-refractivity contribution is 6.36. The zero-order valence-corrected chi connectivity index (χ0v) is 35.6. The summed E-state index contributed by atoms with van der Waals surface area (Å²) in [5.41, 5.74) is -2.65. The van der Waals surface area contributed by atoms with E-state index >= 15 is 0 Å². The van der Waals surface area contributed by atoms with E-state index in [9.17, 15) is 39.0 Å². The maximum atomic E-state index is 14.2. The second kappa shape index (κ2) is 18.1. The Balaban J connectivity index is 1.81. The van der Waals surface area contributed by atoms with Crippen molar-refractivity contribution in [2.24, 2.45) is 0 Å². The fourth-order valence-electron chi connectivity index (χ4n) is 5.66. The molecule has 0 saturated carbocycles. The van der Waals surface area contributed by atoms with Crippen LogP contribution in [-0.2, 0) is 36.9 Å². The maximum Gasteiger partial charge on any atom is 0.425 e. The summed E-state index contributed by atoms with van der Waals surface area (Å²) in [6.07, 6.45) is -0.657. The number of amides is 5. The molecule has 0 radical (unpaired) electrons. The zero-order valence-electron chi connectivity index (χ0n) is 34.1. The van der Waals surface area contributed by atoms with Gasteiger partial charge in [-0.15, -0.1) is 0 Å². The first-order valence-corrected chi connectivity index (χ1v) is 19.1. The van der Waals surface area contributed by atoms with E-state index in [0.29, 0.717) is 4.90 Å². The lowest BCUT2D eigenvalue weighted by molar-refractivity contribution is -0.144. The van der Waals surface area contributed by atoms with E-state index in [1.807, 2.05) is 0 Å². The average molecular weight is 864 g/mol. The number of likely N-dealkylation sites (tertiary alicyclic amines) is 1. The molecule has 1 fully saturated rings. The molecule has 2 aromatic heterocycles. The van der Waals surface area contributed by atoms with Gasteiger partial charge in [0.2, 0.25) is 5.91 Å². The molecule has 3 heterocycles. The predicted molar refractivity (Wildman–Crippen MR) is 214 cm³/mol. The van der Waals surface area contributed by atoms with Gasteiger partial charge in [-0.3, -0.25) is 19.3 Å². The van der Waals surface area contributed by atoms with Gasteiger partial charge in [0.25, 0.3) is 0 Å². The molecule has 21 heteroatoms. The highest BCUT2D eigenvalue weighted by atomic mass is 35.5. The summed E-state index contributed by atoms with van der Waals surface area (Å²) in [5, 5.41) is 26.3. The van der Waals surface area contributed by atoms with Gasteiger partial charge >= 0.3 is 30.3 Å². The van der Waals surface area contributed by atoms with E-state index in [0.717, 1.165) is 9.80 Å². The molecule has 3 N–H and O–H groups in total. The van der Waals surface area contributed by atoms with Crippen LogP contribution in [0.1, 0.15) is 80.7 Å². The number of halogens is 2. The fourth-order valence-corrected chi connectivity index (χ4v) is 6.18. The minimum atomic E-state index is -1.37. The van der Waals surface area contributed by atoms with Crippen LogP contribution in [0.4, 0.5) is 30.8 Å². The lowest BCUT2D eigenvalue weighted by atomic mass is 9.97. The van der Waals surface area contributed by atoms with E-state index in [-0.39, 0.29) is 65.2 Å². The number of hydrogen-bond acceptors (Lipinski definition) is 12. The third-order valence-electron chi connectivity index (χ3n) is 8.08. The number of ether oxygens (including phenoxy) is 3. The quantitative estimate of drug-likeness (QED) is 0.184. The topological polar surface area (TPSA) is 236 Å². The fraction of sp³-hybridized carbons (Fsp3) is 0.500. The number of piperidine rings is 1. The zero-order chi connectivity index (χ0) is 44.2. The summed E-state index contributed by atoms with van der Waals surface area (Å²) >= 11 is 13.1. The molecule has 59 heavy (non-hydrogen) atoms. The van der Waals surface area contributed by atoms with Crippen LogP contribution in [0.15, 0.2) is 36.8 Å². The number of aliphatic carboxylic acids is 1. The molecule has 1 unspecified atom stereocenters. The largest absolute Gasteiger partial charge is 0.480 e. The highest BCUT2D eigenvalue weighted by Crippen LogP contribution is 2.35. The Bertz CT molecular complexity index is 2040. The third-order valence-corrected chi connectivity index (χ3v) is 8.79. The number of rotatable bonds is 9. The second-order valence-electron chi connectivity index (χ2n) is 16.5. The summed E-state index contributed by atoms with van der Waals surface area (Å²) in [7, 11) is 0. The van der Waals surface area contributed by atoms with Crippen molar-refractivity contribution in [2.75, 3.05) is 16.3 Å². The Labute approximate surface area is 350 Å². The van der Waals surface area contributed by atoms with Crippen molar-refractivity contribution in [3.8, 4) is 11.3 Å². The third kappa shape index (κ3) is 12.6. The first kappa shape index (κ1) is 46.0. The van der Waals surface area contributed by atoms with Crippen LogP contribution >= 0.6 is 23.2 Å². The van der Waals surface area contributed by atoms with Crippen molar-refractivity contribution in [3.63, 3.8) is 0 Å². The molecule has 19 nitrogen and oxygen atoms in total. The minimum absolute atomic E-state index is 0.0629. The molecule has 2 atom stereocenters. The minimum Gasteiger partial charge on any atom is -0.480 e. The van der Waals surface area contributed by atoms with E-state index < -0.39 is 71.0 Å². The molecule has 1 aliphatic heterocycles. The van der Waals surface area contributed by atoms with Crippen molar-refractivity contribution >= 4 is 71.1 Å². The predicted octanol–water partition coefficient (Wildman–Crippen LogP) is 6.98. The molecule has 0 spiro atoms. The standard InChI is InChI=1S/C38H48Cl2N8O11/c1-36(2,3)57-33(54)47(19-23-24(39)11-10-12-25(23)40)30-29(48(34(55)58-37(4,5)6)35(56)59-38(7,8)9)41-17-26(44-30)21-16-42-45(18-21)20-28(49)43-22-13-14-46(32(52)53)27(15-22)31(50)51/h10-12,16-18,22,27H,13-15,19-20H2,1-9H3,(H,43,49)(H,50,51)(H,52,53)/t22?,27-/m1/s1. The van der Waals surface area contributed by atoms with Crippen molar-refractivity contribution in [2.45, 2.75) is 117 Å². The number of imide groups is 1. The molecule has 5 amide bonds. The van der Waals surface area contributed by atoms with Crippen LogP contribution in [-0.4, -0.2) is 107 Å². The molecule has 0 aliphatic carbocycles. The summed E-state index contributed by atoms with van der Waals surface area (Å²) in [6, 6.07) is 2.78. The number of carboxylic acid groups (broad SMARTS) is 2. The van der Waals surface area contributed by atoms with Gasteiger partial charge < -0.3 is 29.7 Å². The second-order valence-corrected chi connectivity index (χ2v) is 17.3. The van der Waals surface area contributed by atoms with Crippen LogP contribution in [0.5, 0.6) is 0 Å². The van der Waals surface area contributed by atoms with Gasteiger partial charge in [0, 0.05) is 40.0 Å². The molecule has 1 aromatic carbocycles. The number of nitrogens with one attached hydrogen (secondary N) is 1. The van der Waals surface area contributed by atoms with Crippen molar-refractivity contribution in [1.82, 2.24) is 30.0 Å². The monoisotopic (exact) mass is 862 g/mol. The smallest absolute Gasteiger partial charge is 0.425 e. The van der Waals surface area contributed by atoms with Gasteiger partial charge in [-0.2, -0.15) is 10.00 Å². The molecule has 1 aliphatic rings.